The molecule has 0 spiro atoms. The van der Waals surface area contributed by atoms with Crippen LogP contribution in [0.2, 0.25) is 0 Å². The highest BCUT2D eigenvalue weighted by Crippen LogP contribution is 2.36. The van der Waals surface area contributed by atoms with Gasteiger partial charge in [-0.15, -0.1) is 0 Å². The minimum absolute atomic E-state index is 0.386. The zero-order valence-electron chi connectivity index (χ0n) is 17.6. The molecule has 9 nitrogen and oxygen atoms in total. The smallest absolute Gasteiger partial charge is 0.399 e. The molecule has 1 aromatic heterocycles. The second-order valence-corrected chi connectivity index (χ2v) is 8.78. The molecule has 3 heterocycles. The van der Waals surface area contributed by atoms with Gasteiger partial charge in [0.15, 0.2) is 6.10 Å². The Labute approximate surface area is 172 Å². The van der Waals surface area contributed by atoms with E-state index in [2.05, 4.69) is 15.3 Å². The van der Waals surface area contributed by atoms with Crippen molar-refractivity contribution in [3.63, 3.8) is 0 Å². The van der Waals surface area contributed by atoms with Gasteiger partial charge in [0.2, 0.25) is 5.95 Å². The Bertz CT molecular complexity index is 691. The lowest BCUT2D eigenvalue weighted by atomic mass is 9.81. The summed E-state index contributed by atoms with van der Waals surface area (Å²) in [7, 11) is -0.481. The van der Waals surface area contributed by atoms with Crippen molar-refractivity contribution in [3.05, 3.63) is 12.4 Å². The first-order valence-electron chi connectivity index (χ1n) is 10.1. The number of anilines is 1. The molecule has 0 radical (unpaired) electrons. The molecule has 0 bridgehead atoms. The molecule has 29 heavy (non-hydrogen) atoms. The summed E-state index contributed by atoms with van der Waals surface area (Å²) in [6.45, 7) is 9.34. The second kappa shape index (κ2) is 8.55. The molecule has 2 aliphatic rings. The first-order valence-corrected chi connectivity index (χ1v) is 10.1. The van der Waals surface area contributed by atoms with Gasteiger partial charge in [-0.25, -0.2) is 9.97 Å². The Morgan fingerprint density at radius 1 is 1.24 bits per heavy atom. The number of piperidine rings is 1. The highest BCUT2D eigenvalue weighted by atomic mass is 16.7. The van der Waals surface area contributed by atoms with E-state index in [1.54, 1.807) is 17.3 Å². The van der Waals surface area contributed by atoms with Gasteiger partial charge in [0.05, 0.1) is 17.8 Å². The molecule has 1 amide bonds. The van der Waals surface area contributed by atoms with Crippen molar-refractivity contribution >= 4 is 24.4 Å². The third kappa shape index (κ3) is 4.88. The van der Waals surface area contributed by atoms with Crippen LogP contribution in [0.5, 0.6) is 0 Å². The molecule has 2 aliphatic heterocycles. The Hall–Kier alpha value is -1.75. The van der Waals surface area contributed by atoms with Gasteiger partial charge >= 0.3 is 7.12 Å². The monoisotopic (exact) mass is 406 g/mol. The predicted octanol–water partition coefficient (Wildman–Crippen LogP) is -0.220. The molecule has 2 fully saturated rings. The van der Waals surface area contributed by atoms with Gasteiger partial charge in [0.25, 0.3) is 5.91 Å². The number of rotatable bonds is 6. The molecule has 3 rings (SSSR count). The summed E-state index contributed by atoms with van der Waals surface area (Å²) in [4.78, 5) is 22.2. The van der Waals surface area contributed by atoms with E-state index in [-0.39, 0.29) is 0 Å². The van der Waals surface area contributed by atoms with Crippen molar-refractivity contribution in [2.24, 2.45) is 5.92 Å². The number of aromatic nitrogens is 2. The fraction of sp³-hybridized carbons (Fsp3) is 0.737. The van der Waals surface area contributed by atoms with Crippen LogP contribution in [0.1, 0.15) is 40.5 Å². The number of aliphatic hydroxyl groups excluding tert-OH is 2. The summed E-state index contributed by atoms with van der Waals surface area (Å²) in [6.07, 6.45) is 3.76. The van der Waals surface area contributed by atoms with E-state index in [1.807, 2.05) is 27.7 Å². The van der Waals surface area contributed by atoms with E-state index < -0.39 is 36.9 Å². The van der Waals surface area contributed by atoms with E-state index in [0.717, 1.165) is 18.3 Å². The summed E-state index contributed by atoms with van der Waals surface area (Å²) in [5, 5.41) is 21.6. The largest absolute Gasteiger partial charge is 0.498 e. The summed E-state index contributed by atoms with van der Waals surface area (Å²) in [6, 6.07) is 0. The molecule has 2 saturated heterocycles. The number of nitrogens with one attached hydrogen (secondary N) is 1. The van der Waals surface area contributed by atoms with Crippen molar-refractivity contribution in [2.75, 3.05) is 31.6 Å². The Kier molecular flexibility index (Phi) is 6.47. The number of carbonyl (C=O) groups is 1. The molecular formula is C19H31BN4O5. The number of likely N-dealkylation sites (tertiary alicyclic amines) is 1. The third-order valence-corrected chi connectivity index (χ3v) is 6.13. The summed E-state index contributed by atoms with van der Waals surface area (Å²) < 4.78 is 12.0. The lowest BCUT2D eigenvalue weighted by molar-refractivity contribution is -0.143. The number of hydrogen-bond donors (Lipinski definition) is 3. The van der Waals surface area contributed by atoms with E-state index in [4.69, 9.17) is 14.4 Å². The minimum atomic E-state index is -1.32. The van der Waals surface area contributed by atoms with E-state index >= 15 is 0 Å². The molecule has 3 N–H and O–H groups in total. The molecule has 1 atom stereocenters. The van der Waals surface area contributed by atoms with Crippen molar-refractivity contribution in [2.45, 2.75) is 57.8 Å². The first kappa shape index (κ1) is 22.0. The van der Waals surface area contributed by atoms with Crippen LogP contribution < -0.4 is 10.8 Å². The van der Waals surface area contributed by atoms with Gasteiger partial charge < -0.3 is 29.7 Å². The Morgan fingerprint density at radius 2 is 1.79 bits per heavy atom. The lowest BCUT2D eigenvalue weighted by Gasteiger charge is -2.33. The van der Waals surface area contributed by atoms with E-state index in [0.29, 0.717) is 31.5 Å². The van der Waals surface area contributed by atoms with Gasteiger partial charge in [-0.2, -0.15) is 0 Å². The molecule has 0 saturated carbocycles. The average molecular weight is 406 g/mol. The van der Waals surface area contributed by atoms with Crippen LogP contribution >= 0.6 is 0 Å². The van der Waals surface area contributed by atoms with Crippen LogP contribution in [0.4, 0.5) is 5.95 Å². The first-order chi connectivity index (χ1) is 13.6. The number of nitrogens with zero attached hydrogens (tertiary/aromatic N) is 3. The normalized spacial score (nSPS) is 22.6. The molecular weight excluding hydrogens is 375 g/mol. The maximum absolute atomic E-state index is 11.9. The number of hydrogen-bond acceptors (Lipinski definition) is 8. The van der Waals surface area contributed by atoms with Gasteiger partial charge in [-0.3, -0.25) is 4.79 Å². The predicted molar refractivity (Wildman–Crippen MR) is 109 cm³/mol. The third-order valence-electron chi connectivity index (χ3n) is 6.13. The lowest BCUT2D eigenvalue weighted by Crippen LogP contribution is -2.45. The zero-order chi connectivity index (χ0) is 21.2. The van der Waals surface area contributed by atoms with Crippen molar-refractivity contribution < 1.29 is 24.3 Å². The van der Waals surface area contributed by atoms with E-state index in [1.165, 1.54) is 0 Å². The minimum Gasteiger partial charge on any atom is -0.399 e. The maximum atomic E-state index is 11.9. The highest BCUT2D eigenvalue weighted by molar-refractivity contribution is 6.61. The average Bonchev–Trinajstić information content (AvgIpc) is 2.93. The summed E-state index contributed by atoms with van der Waals surface area (Å²) in [5.41, 5.74) is -0.0284. The van der Waals surface area contributed by atoms with Gasteiger partial charge in [0.1, 0.15) is 0 Å². The van der Waals surface area contributed by atoms with Crippen LogP contribution in [0, 0.1) is 5.92 Å². The van der Waals surface area contributed by atoms with Crippen LogP contribution in [0.3, 0.4) is 0 Å². The van der Waals surface area contributed by atoms with Gasteiger partial charge in [-0.1, -0.05) is 0 Å². The van der Waals surface area contributed by atoms with Gasteiger partial charge in [0, 0.05) is 37.5 Å². The fourth-order valence-electron chi connectivity index (χ4n) is 3.41. The van der Waals surface area contributed by atoms with Crippen molar-refractivity contribution in [3.8, 4) is 0 Å². The van der Waals surface area contributed by atoms with E-state index in [9.17, 15) is 9.90 Å². The SMILES string of the molecule is CC1(C)OB(c2cnc(NCC3CCN(C(=O)[C@H](O)CO)CC3)nc2)OC1(C)C. The van der Waals surface area contributed by atoms with Gasteiger partial charge in [-0.05, 0) is 46.5 Å². The van der Waals surface area contributed by atoms with Crippen LogP contribution in [-0.4, -0.2) is 81.7 Å². The molecule has 160 valence electrons. The Morgan fingerprint density at radius 3 is 2.31 bits per heavy atom. The van der Waals surface area contributed by atoms with Crippen LogP contribution in [-0.2, 0) is 14.1 Å². The standard InChI is InChI=1S/C19H31BN4O5/c1-18(2)19(3,4)29-20(28-18)14-10-22-17(23-11-14)21-9-13-5-7-24(8-6-13)16(27)15(26)12-25/h10-11,13,15,25-26H,5-9,12H2,1-4H3,(H,21,22,23)/t15-/m1/s1. The zero-order valence-corrected chi connectivity index (χ0v) is 17.6. The molecule has 1 aromatic rings. The topological polar surface area (TPSA) is 117 Å². The number of aliphatic hydroxyl groups is 2. The van der Waals surface area contributed by atoms with Crippen molar-refractivity contribution in [1.82, 2.24) is 14.9 Å². The molecule has 0 aliphatic carbocycles. The molecule has 0 unspecified atom stereocenters. The molecule has 0 aromatic carbocycles. The Balaban J connectivity index is 1.46. The highest BCUT2D eigenvalue weighted by Gasteiger charge is 2.51. The van der Waals surface area contributed by atoms with Crippen LogP contribution in [0.25, 0.3) is 0 Å². The summed E-state index contributed by atoms with van der Waals surface area (Å²) in [5.74, 6) is 0.525. The second-order valence-electron chi connectivity index (χ2n) is 8.78. The summed E-state index contributed by atoms with van der Waals surface area (Å²) >= 11 is 0. The number of carbonyl (C=O) groups excluding carboxylic acids is 1. The van der Waals surface area contributed by atoms with Crippen molar-refractivity contribution in [1.29, 1.82) is 0 Å². The fourth-order valence-corrected chi connectivity index (χ4v) is 3.41. The maximum Gasteiger partial charge on any atom is 0.498 e. The number of amides is 1. The quantitative estimate of drug-likeness (QED) is 0.556. The molecule has 10 heteroatoms. The van der Waals surface area contributed by atoms with Crippen LogP contribution in [0.15, 0.2) is 12.4 Å².